The molecule has 1 N–H and O–H groups in total. The van der Waals surface area contributed by atoms with Crippen molar-refractivity contribution >= 4 is 28.3 Å². The summed E-state index contributed by atoms with van der Waals surface area (Å²) in [5, 5.41) is 5.55. The maximum Gasteiger partial charge on any atom is 0.415 e. The van der Waals surface area contributed by atoms with Gasteiger partial charge in [-0.1, -0.05) is 26.0 Å². The molecule has 7 heteroatoms. The van der Waals surface area contributed by atoms with Crippen molar-refractivity contribution in [2.75, 3.05) is 18.0 Å². The van der Waals surface area contributed by atoms with Crippen molar-refractivity contribution in [3.05, 3.63) is 47.3 Å². The van der Waals surface area contributed by atoms with Gasteiger partial charge in [-0.25, -0.2) is 4.79 Å². The van der Waals surface area contributed by atoms with Crippen LogP contribution in [0.5, 0.6) is 5.75 Å². The van der Waals surface area contributed by atoms with Gasteiger partial charge in [0.2, 0.25) is 0 Å². The molecule has 0 aliphatic carbocycles. The number of nitrogens with one attached hydrogen (secondary N) is 1. The number of hydrogen-bond acceptors (Lipinski definition) is 5. The van der Waals surface area contributed by atoms with E-state index in [9.17, 15) is 9.59 Å². The highest BCUT2D eigenvalue weighted by Crippen LogP contribution is 2.26. The van der Waals surface area contributed by atoms with Crippen molar-refractivity contribution < 1.29 is 19.1 Å². The van der Waals surface area contributed by atoms with E-state index >= 15 is 0 Å². The molecule has 27 heavy (non-hydrogen) atoms. The van der Waals surface area contributed by atoms with Crippen molar-refractivity contribution in [1.29, 1.82) is 0 Å². The van der Waals surface area contributed by atoms with E-state index in [1.807, 2.05) is 41.8 Å². The monoisotopic (exact) mass is 388 g/mol. The summed E-state index contributed by atoms with van der Waals surface area (Å²) in [6.45, 7) is 6.63. The quantitative estimate of drug-likeness (QED) is 0.784. The molecule has 2 heterocycles. The van der Waals surface area contributed by atoms with Gasteiger partial charge in [0, 0.05) is 0 Å². The SMILES string of the molecule is CC(Oc1ccc(C(C)C)cc1)C(=O)NCC1CN(c2cccs2)C(=O)O1. The second-order valence-corrected chi connectivity index (χ2v) is 7.72. The van der Waals surface area contributed by atoms with Gasteiger partial charge < -0.3 is 14.8 Å². The Hall–Kier alpha value is -2.54. The number of hydrogen-bond donors (Lipinski definition) is 1. The van der Waals surface area contributed by atoms with Crippen LogP contribution in [0.25, 0.3) is 0 Å². The number of benzene rings is 1. The summed E-state index contributed by atoms with van der Waals surface area (Å²) in [5.41, 5.74) is 1.22. The summed E-state index contributed by atoms with van der Waals surface area (Å²) in [6, 6.07) is 11.5. The van der Waals surface area contributed by atoms with E-state index in [1.165, 1.54) is 16.9 Å². The van der Waals surface area contributed by atoms with Crippen molar-refractivity contribution in [2.24, 2.45) is 0 Å². The van der Waals surface area contributed by atoms with Crippen LogP contribution in [0.1, 0.15) is 32.3 Å². The highest BCUT2D eigenvalue weighted by atomic mass is 32.1. The number of anilines is 1. The number of nitrogens with zero attached hydrogens (tertiary/aromatic N) is 1. The predicted molar refractivity (Wildman–Crippen MR) is 106 cm³/mol. The largest absolute Gasteiger partial charge is 0.481 e. The summed E-state index contributed by atoms with van der Waals surface area (Å²) in [6.07, 6.45) is -1.40. The minimum atomic E-state index is -0.639. The van der Waals surface area contributed by atoms with Crippen LogP contribution in [0, 0.1) is 0 Å². The van der Waals surface area contributed by atoms with Crippen LogP contribution >= 0.6 is 11.3 Å². The zero-order valence-electron chi connectivity index (χ0n) is 15.7. The lowest BCUT2D eigenvalue weighted by molar-refractivity contribution is -0.127. The molecular weight excluding hydrogens is 364 g/mol. The Morgan fingerprint density at radius 1 is 1.30 bits per heavy atom. The Kier molecular flexibility index (Phi) is 6.01. The molecule has 0 bridgehead atoms. The van der Waals surface area contributed by atoms with Crippen molar-refractivity contribution in [3.63, 3.8) is 0 Å². The summed E-state index contributed by atoms with van der Waals surface area (Å²) in [4.78, 5) is 25.8. The first-order valence-electron chi connectivity index (χ1n) is 9.00. The Bertz CT molecular complexity index is 774. The number of cyclic esters (lactones) is 1. The van der Waals surface area contributed by atoms with E-state index in [4.69, 9.17) is 9.47 Å². The molecule has 1 aliphatic rings. The van der Waals surface area contributed by atoms with Crippen LogP contribution < -0.4 is 15.0 Å². The zero-order chi connectivity index (χ0) is 19.4. The third-order valence-electron chi connectivity index (χ3n) is 4.38. The van der Waals surface area contributed by atoms with Crippen LogP contribution in [-0.2, 0) is 9.53 Å². The molecule has 6 nitrogen and oxygen atoms in total. The fourth-order valence-corrected chi connectivity index (χ4v) is 3.51. The molecule has 2 amide bonds. The van der Waals surface area contributed by atoms with E-state index in [0.717, 1.165) is 5.00 Å². The van der Waals surface area contributed by atoms with Gasteiger partial charge in [0.15, 0.2) is 6.10 Å². The average Bonchev–Trinajstić information content (AvgIpc) is 3.29. The number of thiophene rings is 1. The molecule has 2 unspecified atom stereocenters. The topological polar surface area (TPSA) is 67.9 Å². The Balaban J connectivity index is 1.47. The first-order valence-corrected chi connectivity index (χ1v) is 9.88. The van der Waals surface area contributed by atoms with E-state index in [0.29, 0.717) is 18.2 Å². The molecule has 0 saturated carbocycles. The Morgan fingerprint density at radius 2 is 2.04 bits per heavy atom. The second kappa shape index (κ2) is 8.43. The molecule has 1 fully saturated rings. The first kappa shape index (κ1) is 19.2. The molecular formula is C20H24N2O4S. The molecule has 1 saturated heterocycles. The number of rotatable bonds is 7. The van der Waals surface area contributed by atoms with Gasteiger partial charge in [-0.3, -0.25) is 9.69 Å². The van der Waals surface area contributed by atoms with Gasteiger partial charge in [0.05, 0.1) is 13.1 Å². The van der Waals surface area contributed by atoms with E-state index in [2.05, 4.69) is 19.2 Å². The van der Waals surface area contributed by atoms with Crippen LogP contribution in [0.3, 0.4) is 0 Å². The van der Waals surface area contributed by atoms with Gasteiger partial charge in [0.25, 0.3) is 5.91 Å². The minimum absolute atomic E-state index is 0.242. The smallest absolute Gasteiger partial charge is 0.415 e. The normalized spacial score (nSPS) is 17.7. The lowest BCUT2D eigenvalue weighted by Gasteiger charge is -2.16. The maximum absolute atomic E-state index is 12.3. The van der Waals surface area contributed by atoms with Gasteiger partial charge in [-0.05, 0) is 48.1 Å². The highest BCUT2D eigenvalue weighted by Gasteiger charge is 2.33. The molecule has 0 spiro atoms. The number of ether oxygens (including phenoxy) is 2. The van der Waals surface area contributed by atoms with Gasteiger partial charge in [-0.15, -0.1) is 11.3 Å². The standard InChI is InChI=1S/C20H24N2O4S/c1-13(2)15-6-8-16(9-7-15)25-14(3)19(23)21-11-17-12-22(20(24)26-17)18-5-4-10-27-18/h4-10,13-14,17H,11-12H2,1-3H3,(H,21,23). The first-order chi connectivity index (χ1) is 12.9. The highest BCUT2D eigenvalue weighted by molar-refractivity contribution is 7.14. The van der Waals surface area contributed by atoms with Crippen molar-refractivity contribution in [2.45, 2.75) is 38.9 Å². The molecule has 144 valence electrons. The second-order valence-electron chi connectivity index (χ2n) is 6.80. The Labute approximate surface area is 163 Å². The molecule has 1 aromatic carbocycles. The lowest BCUT2D eigenvalue weighted by Crippen LogP contribution is -2.41. The number of carbonyl (C=O) groups is 2. The third-order valence-corrected chi connectivity index (χ3v) is 5.27. The van der Waals surface area contributed by atoms with Gasteiger partial charge >= 0.3 is 6.09 Å². The molecule has 1 aromatic heterocycles. The fraction of sp³-hybridized carbons (Fsp3) is 0.400. The fourth-order valence-electron chi connectivity index (χ4n) is 2.78. The van der Waals surface area contributed by atoms with Crippen LogP contribution in [0.4, 0.5) is 9.80 Å². The molecule has 3 rings (SSSR count). The molecule has 2 atom stereocenters. The van der Waals surface area contributed by atoms with Crippen LogP contribution in [0.2, 0.25) is 0 Å². The summed E-state index contributed by atoms with van der Waals surface area (Å²) in [5.74, 6) is 0.856. The van der Waals surface area contributed by atoms with E-state index < -0.39 is 6.10 Å². The molecule has 0 radical (unpaired) electrons. The van der Waals surface area contributed by atoms with Gasteiger partial charge in [0.1, 0.15) is 16.9 Å². The summed E-state index contributed by atoms with van der Waals surface area (Å²) < 4.78 is 11.0. The van der Waals surface area contributed by atoms with Crippen molar-refractivity contribution in [1.82, 2.24) is 5.32 Å². The summed E-state index contributed by atoms with van der Waals surface area (Å²) in [7, 11) is 0. The number of amides is 2. The molecule has 1 aliphatic heterocycles. The van der Waals surface area contributed by atoms with E-state index in [-0.39, 0.29) is 24.6 Å². The van der Waals surface area contributed by atoms with Crippen LogP contribution in [-0.4, -0.2) is 37.3 Å². The van der Waals surface area contributed by atoms with E-state index in [1.54, 1.807) is 11.8 Å². The third kappa shape index (κ3) is 4.80. The minimum Gasteiger partial charge on any atom is -0.481 e. The maximum atomic E-state index is 12.3. The average molecular weight is 388 g/mol. The zero-order valence-corrected chi connectivity index (χ0v) is 16.5. The summed E-state index contributed by atoms with van der Waals surface area (Å²) >= 11 is 1.48. The predicted octanol–water partition coefficient (Wildman–Crippen LogP) is 3.78. The van der Waals surface area contributed by atoms with Gasteiger partial charge in [-0.2, -0.15) is 0 Å². The van der Waals surface area contributed by atoms with Crippen molar-refractivity contribution in [3.8, 4) is 5.75 Å². The Morgan fingerprint density at radius 3 is 2.67 bits per heavy atom. The number of carbonyl (C=O) groups excluding carboxylic acids is 2. The molecule has 2 aromatic rings. The lowest BCUT2D eigenvalue weighted by atomic mass is 10.0. The van der Waals surface area contributed by atoms with Crippen LogP contribution in [0.15, 0.2) is 41.8 Å².